The standard InChI is InChI=1S/C15H14BrN3/c16-13-5-3-11(4-6-13)9-19-10-12(8-17)14-2-1-7-18-15(14)19/h1-7,10H,8-9,17H2. The Balaban J connectivity index is 2.03. The molecule has 0 saturated carbocycles. The first kappa shape index (κ1) is 12.4. The molecule has 4 heteroatoms. The summed E-state index contributed by atoms with van der Waals surface area (Å²) >= 11 is 3.45. The molecule has 0 bridgehead atoms. The van der Waals surface area contributed by atoms with Gasteiger partial charge >= 0.3 is 0 Å². The maximum atomic E-state index is 5.80. The molecule has 2 aromatic heterocycles. The van der Waals surface area contributed by atoms with E-state index in [-0.39, 0.29) is 0 Å². The minimum Gasteiger partial charge on any atom is -0.328 e. The van der Waals surface area contributed by atoms with Crippen LogP contribution >= 0.6 is 15.9 Å². The van der Waals surface area contributed by atoms with Crippen LogP contribution in [0, 0.1) is 0 Å². The smallest absolute Gasteiger partial charge is 0.140 e. The number of hydrogen-bond donors (Lipinski definition) is 1. The summed E-state index contributed by atoms with van der Waals surface area (Å²) in [6.45, 7) is 1.34. The van der Waals surface area contributed by atoms with E-state index in [1.54, 1.807) is 0 Å². The van der Waals surface area contributed by atoms with Crippen molar-refractivity contribution in [3.63, 3.8) is 0 Å². The maximum absolute atomic E-state index is 5.80. The minimum absolute atomic E-state index is 0.537. The number of benzene rings is 1. The van der Waals surface area contributed by atoms with Gasteiger partial charge in [-0.2, -0.15) is 0 Å². The number of halogens is 1. The molecule has 0 aliphatic heterocycles. The predicted molar refractivity (Wildman–Crippen MR) is 80.9 cm³/mol. The van der Waals surface area contributed by atoms with E-state index in [9.17, 15) is 0 Å². The number of aromatic nitrogens is 2. The quantitative estimate of drug-likeness (QED) is 0.806. The lowest BCUT2D eigenvalue weighted by atomic mass is 10.2. The SMILES string of the molecule is NCc1cn(Cc2ccc(Br)cc2)c2ncccc12. The molecule has 0 aliphatic rings. The number of rotatable bonds is 3. The lowest BCUT2D eigenvalue weighted by Crippen LogP contribution is -1.99. The molecule has 0 unspecified atom stereocenters. The minimum atomic E-state index is 0.537. The summed E-state index contributed by atoms with van der Waals surface area (Å²) in [4.78, 5) is 4.46. The molecular formula is C15H14BrN3. The lowest BCUT2D eigenvalue weighted by molar-refractivity contribution is 0.819. The van der Waals surface area contributed by atoms with Crippen LogP contribution in [0.1, 0.15) is 11.1 Å². The van der Waals surface area contributed by atoms with Crippen molar-refractivity contribution >= 4 is 27.0 Å². The van der Waals surface area contributed by atoms with Crippen LogP contribution in [0.5, 0.6) is 0 Å². The molecular weight excluding hydrogens is 302 g/mol. The van der Waals surface area contributed by atoms with Crippen LogP contribution < -0.4 is 5.73 Å². The second kappa shape index (κ2) is 5.15. The van der Waals surface area contributed by atoms with Crippen molar-refractivity contribution in [1.29, 1.82) is 0 Å². The van der Waals surface area contributed by atoms with Gasteiger partial charge in [0.25, 0.3) is 0 Å². The van der Waals surface area contributed by atoms with Crippen molar-refractivity contribution in [3.05, 3.63) is 64.4 Å². The van der Waals surface area contributed by atoms with Gasteiger partial charge in [0.2, 0.25) is 0 Å². The zero-order chi connectivity index (χ0) is 13.2. The predicted octanol–water partition coefficient (Wildman–Crippen LogP) is 3.31. The number of pyridine rings is 1. The van der Waals surface area contributed by atoms with Crippen molar-refractivity contribution in [3.8, 4) is 0 Å². The van der Waals surface area contributed by atoms with Crippen LogP contribution in [0.25, 0.3) is 11.0 Å². The fourth-order valence-corrected chi connectivity index (χ4v) is 2.53. The molecule has 3 nitrogen and oxygen atoms in total. The second-order valence-electron chi connectivity index (χ2n) is 4.49. The molecule has 3 rings (SSSR count). The van der Waals surface area contributed by atoms with Crippen LogP contribution in [-0.2, 0) is 13.1 Å². The Hall–Kier alpha value is -1.65. The fraction of sp³-hybridized carbons (Fsp3) is 0.133. The van der Waals surface area contributed by atoms with Gasteiger partial charge < -0.3 is 10.3 Å². The summed E-state index contributed by atoms with van der Waals surface area (Å²) in [6.07, 6.45) is 3.92. The van der Waals surface area contributed by atoms with Gasteiger partial charge in [-0.25, -0.2) is 4.98 Å². The van der Waals surface area contributed by atoms with Crippen molar-refractivity contribution in [1.82, 2.24) is 9.55 Å². The highest BCUT2D eigenvalue weighted by Gasteiger charge is 2.08. The molecule has 3 aromatic rings. The fourth-order valence-electron chi connectivity index (χ4n) is 2.26. The highest BCUT2D eigenvalue weighted by molar-refractivity contribution is 9.10. The Morgan fingerprint density at radius 3 is 2.68 bits per heavy atom. The number of hydrogen-bond acceptors (Lipinski definition) is 2. The van der Waals surface area contributed by atoms with E-state index in [2.05, 4.69) is 62.0 Å². The molecule has 0 saturated heterocycles. The molecule has 0 atom stereocenters. The van der Waals surface area contributed by atoms with Crippen LogP contribution in [-0.4, -0.2) is 9.55 Å². The summed E-state index contributed by atoms with van der Waals surface area (Å²) < 4.78 is 3.25. The van der Waals surface area contributed by atoms with Gasteiger partial charge in [-0.15, -0.1) is 0 Å². The topological polar surface area (TPSA) is 43.8 Å². The third-order valence-electron chi connectivity index (χ3n) is 3.20. The van der Waals surface area contributed by atoms with Crippen LogP contribution in [0.2, 0.25) is 0 Å². The molecule has 0 radical (unpaired) electrons. The van der Waals surface area contributed by atoms with Crippen LogP contribution in [0.4, 0.5) is 0 Å². The Kier molecular flexibility index (Phi) is 3.36. The molecule has 1 aromatic carbocycles. The van der Waals surface area contributed by atoms with Gasteiger partial charge in [0.05, 0.1) is 0 Å². The molecule has 2 N–H and O–H groups in total. The third kappa shape index (κ3) is 2.41. The Bertz CT molecular complexity index is 701. The van der Waals surface area contributed by atoms with E-state index >= 15 is 0 Å². The Labute approximate surface area is 120 Å². The van der Waals surface area contributed by atoms with Gasteiger partial charge in [0.15, 0.2) is 0 Å². The summed E-state index contributed by atoms with van der Waals surface area (Å²) in [7, 11) is 0. The average molecular weight is 316 g/mol. The van der Waals surface area contributed by atoms with Crippen molar-refractivity contribution in [2.24, 2.45) is 5.73 Å². The van der Waals surface area contributed by atoms with Gasteiger partial charge in [-0.1, -0.05) is 28.1 Å². The second-order valence-corrected chi connectivity index (χ2v) is 5.40. The van der Waals surface area contributed by atoms with E-state index in [1.165, 1.54) is 5.56 Å². The van der Waals surface area contributed by atoms with Gasteiger partial charge in [-0.3, -0.25) is 0 Å². The maximum Gasteiger partial charge on any atom is 0.140 e. The van der Waals surface area contributed by atoms with E-state index in [1.807, 2.05) is 12.3 Å². The van der Waals surface area contributed by atoms with Crippen molar-refractivity contribution in [2.75, 3.05) is 0 Å². The third-order valence-corrected chi connectivity index (χ3v) is 3.73. The van der Waals surface area contributed by atoms with Crippen molar-refractivity contribution < 1.29 is 0 Å². The number of nitrogens with zero attached hydrogens (tertiary/aromatic N) is 2. The molecule has 0 amide bonds. The number of fused-ring (bicyclic) bond motifs is 1. The Morgan fingerprint density at radius 2 is 1.95 bits per heavy atom. The van der Waals surface area contributed by atoms with E-state index < -0.39 is 0 Å². The van der Waals surface area contributed by atoms with Crippen molar-refractivity contribution in [2.45, 2.75) is 13.1 Å². The number of nitrogens with two attached hydrogens (primary N) is 1. The zero-order valence-electron chi connectivity index (χ0n) is 10.4. The van der Waals surface area contributed by atoms with Gasteiger partial charge in [0.1, 0.15) is 5.65 Å². The summed E-state index contributed by atoms with van der Waals surface area (Å²) in [5.74, 6) is 0. The summed E-state index contributed by atoms with van der Waals surface area (Å²) in [5, 5.41) is 1.14. The van der Waals surface area contributed by atoms with Crippen LogP contribution in [0.15, 0.2) is 53.3 Å². The first-order valence-corrected chi connectivity index (χ1v) is 6.94. The van der Waals surface area contributed by atoms with Gasteiger partial charge in [-0.05, 0) is 35.4 Å². The first-order chi connectivity index (χ1) is 9.28. The molecule has 0 aliphatic carbocycles. The highest BCUT2D eigenvalue weighted by atomic mass is 79.9. The van der Waals surface area contributed by atoms with E-state index in [4.69, 9.17) is 5.73 Å². The molecule has 2 heterocycles. The zero-order valence-corrected chi connectivity index (χ0v) is 12.0. The molecule has 0 fully saturated rings. The normalized spacial score (nSPS) is 11.1. The molecule has 0 spiro atoms. The molecule has 96 valence electrons. The molecule has 19 heavy (non-hydrogen) atoms. The highest BCUT2D eigenvalue weighted by Crippen LogP contribution is 2.20. The Morgan fingerprint density at radius 1 is 1.16 bits per heavy atom. The van der Waals surface area contributed by atoms with Gasteiger partial charge in [0, 0.05) is 35.3 Å². The largest absolute Gasteiger partial charge is 0.328 e. The van der Waals surface area contributed by atoms with E-state index in [0.29, 0.717) is 6.54 Å². The monoisotopic (exact) mass is 315 g/mol. The van der Waals surface area contributed by atoms with E-state index in [0.717, 1.165) is 27.6 Å². The first-order valence-electron chi connectivity index (χ1n) is 6.15. The van der Waals surface area contributed by atoms with Crippen LogP contribution in [0.3, 0.4) is 0 Å². The summed E-state index contributed by atoms with van der Waals surface area (Å²) in [6, 6.07) is 12.4. The average Bonchev–Trinajstić information content (AvgIpc) is 2.80. The summed E-state index contributed by atoms with van der Waals surface area (Å²) in [5.41, 5.74) is 9.17. The lowest BCUT2D eigenvalue weighted by Gasteiger charge is -2.04.